The second-order valence-corrected chi connectivity index (χ2v) is 3.93. The Hall–Kier alpha value is -1.56. The Bertz CT molecular complexity index is 384. The molecule has 3 heteroatoms. The van der Waals surface area contributed by atoms with Gasteiger partial charge in [0.25, 0.3) is 0 Å². The van der Waals surface area contributed by atoms with E-state index in [1.807, 2.05) is 13.8 Å². The Labute approximate surface area is 96.1 Å². The van der Waals surface area contributed by atoms with Gasteiger partial charge in [0.2, 0.25) is 0 Å². The minimum Gasteiger partial charge on any atom is -0.367 e. The van der Waals surface area contributed by atoms with Crippen LogP contribution in [0.15, 0.2) is 24.3 Å². The zero-order valence-electron chi connectivity index (χ0n) is 9.76. The average molecular weight is 220 g/mol. The molecule has 0 fully saturated rings. The third kappa shape index (κ3) is 2.96. The fraction of sp³-hybridized carbons (Fsp3) is 0.462. The molecule has 0 aliphatic heterocycles. The summed E-state index contributed by atoms with van der Waals surface area (Å²) in [5, 5.41) is 12.4. The van der Waals surface area contributed by atoms with Crippen molar-refractivity contribution in [3.8, 4) is 6.07 Å². The van der Waals surface area contributed by atoms with E-state index < -0.39 is 5.54 Å². The molecule has 0 radical (unpaired) electrons. The lowest BCUT2D eigenvalue weighted by molar-refractivity contribution is 0.514. The molecule has 86 valence electrons. The summed E-state index contributed by atoms with van der Waals surface area (Å²) in [6, 6.07) is 8.53. The first-order chi connectivity index (χ1) is 7.65. The Kier molecular flexibility index (Phi) is 4.30. The van der Waals surface area contributed by atoms with E-state index in [-0.39, 0.29) is 5.82 Å². The van der Waals surface area contributed by atoms with Crippen LogP contribution in [0, 0.1) is 17.1 Å². The summed E-state index contributed by atoms with van der Waals surface area (Å²) in [6.07, 6.45) is 2.38. The van der Waals surface area contributed by atoms with Gasteiger partial charge < -0.3 is 5.32 Å². The van der Waals surface area contributed by atoms with E-state index in [0.717, 1.165) is 12.8 Å². The fourth-order valence-corrected chi connectivity index (χ4v) is 1.76. The predicted molar refractivity (Wildman–Crippen MR) is 63.6 cm³/mol. The van der Waals surface area contributed by atoms with Crippen LogP contribution < -0.4 is 5.32 Å². The zero-order chi connectivity index (χ0) is 12.0. The van der Waals surface area contributed by atoms with Crippen LogP contribution in [0.5, 0.6) is 0 Å². The number of hydrogen-bond acceptors (Lipinski definition) is 2. The van der Waals surface area contributed by atoms with Gasteiger partial charge in [-0.05, 0) is 31.0 Å². The van der Waals surface area contributed by atoms with Crippen LogP contribution >= 0.6 is 0 Å². The third-order valence-corrected chi connectivity index (χ3v) is 2.70. The van der Waals surface area contributed by atoms with Crippen molar-refractivity contribution in [2.45, 2.75) is 38.6 Å². The molecule has 0 aliphatic rings. The van der Waals surface area contributed by atoms with Crippen molar-refractivity contribution in [3.63, 3.8) is 0 Å². The first kappa shape index (κ1) is 12.5. The van der Waals surface area contributed by atoms with E-state index in [0.29, 0.717) is 12.1 Å². The number of nitrogens with one attached hydrogen (secondary N) is 1. The Morgan fingerprint density at radius 1 is 1.44 bits per heavy atom. The smallest absolute Gasteiger partial charge is 0.125 e. The molecule has 0 saturated heterocycles. The molecular weight excluding hydrogens is 203 g/mol. The van der Waals surface area contributed by atoms with Gasteiger partial charge in [-0.3, -0.25) is 0 Å². The molecular formula is C13H17FN2. The van der Waals surface area contributed by atoms with Gasteiger partial charge in [-0.25, -0.2) is 4.39 Å². The van der Waals surface area contributed by atoms with Gasteiger partial charge in [-0.1, -0.05) is 26.3 Å². The van der Waals surface area contributed by atoms with E-state index in [9.17, 15) is 9.65 Å². The van der Waals surface area contributed by atoms with E-state index >= 15 is 0 Å². The van der Waals surface area contributed by atoms with Crippen LogP contribution in [-0.2, 0) is 0 Å². The number of nitriles is 1. The number of nitrogens with zero attached hydrogens (tertiary/aromatic N) is 1. The normalized spacial score (nSPS) is 13.9. The lowest BCUT2D eigenvalue weighted by Gasteiger charge is -2.27. The van der Waals surface area contributed by atoms with E-state index in [1.54, 1.807) is 12.1 Å². The molecule has 0 saturated carbocycles. The second kappa shape index (κ2) is 5.50. The molecule has 0 heterocycles. The number of benzene rings is 1. The minimum atomic E-state index is -0.581. The van der Waals surface area contributed by atoms with Crippen LogP contribution in [0.1, 0.15) is 33.1 Å². The Balaban J connectivity index is 2.88. The topological polar surface area (TPSA) is 35.8 Å². The molecule has 1 atom stereocenters. The molecule has 1 aromatic carbocycles. The lowest BCUT2D eigenvalue weighted by atomic mass is 9.92. The summed E-state index contributed by atoms with van der Waals surface area (Å²) >= 11 is 0. The van der Waals surface area contributed by atoms with Gasteiger partial charge in [0.05, 0.1) is 6.07 Å². The van der Waals surface area contributed by atoms with Gasteiger partial charge >= 0.3 is 0 Å². The summed E-state index contributed by atoms with van der Waals surface area (Å²) < 4.78 is 13.0. The van der Waals surface area contributed by atoms with Gasteiger partial charge in [0, 0.05) is 5.69 Å². The van der Waals surface area contributed by atoms with Gasteiger partial charge in [0.15, 0.2) is 0 Å². The summed E-state index contributed by atoms with van der Waals surface area (Å²) in [7, 11) is 0. The van der Waals surface area contributed by atoms with Crippen molar-refractivity contribution in [2.75, 3.05) is 5.32 Å². The van der Waals surface area contributed by atoms with Crippen molar-refractivity contribution in [1.29, 1.82) is 5.26 Å². The fourth-order valence-electron chi connectivity index (χ4n) is 1.76. The average Bonchev–Trinajstić information content (AvgIpc) is 2.28. The molecule has 1 rings (SSSR count). The highest BCUT2D eigenvalue weighted by atomic mass is 19.1. The van der Waals surface area contributed by atoms with E-state index in [4.69, 9.17) is 0 Å². The number of hydrogen-bond donors (Lipinski definition) is 1. The maximum absolute atomic E-state index is 13.0. The third-order valence-electron chi connectivity index (χ3n) is 2.70. The van der Waals surface area contributed by atoms with Crippen molar-refractivity contribution in [2.24, 2.45) is 0 Å². The summed E-state index contributed by atoms with van der Waals surface area (Å²) in [4.78, 5) is 0. The van der Waals surface area contributed by atoms with Crippen LogP contribution in [0.2, 0.25) is 0 Å². The number of anilines is 1. The van der Waals surface area contributed by atoms with Crippen LogP contribution in [-0.4, -0.2) is 5.54 Å². The van der Waals surface area contributed by atoms with Crippen molar-refractivity contribution >= 4 is 5.69 Å². The quantitative estimate of drug-likeness (QED) is 0.821. The summed E-state index contributed by atoms with van der Waals surface area (Å²) in [6.45, 7) is 4.00. The standard InChI is InChI=1S/C13H17FN2/c1-3-8-13(4-2,10-15)16-12-7-5-6-11(14)9-12/h5-7,9,16H,3-4,8H2,1-2H3. The molecule has 0 amide bonds. The highest BCUT2D eigenvalue weighted by Gasteiger charge is 2.26. The summed E-state index contributed by atoms with van der Waals surface area (Å²) in [5.41, 5.74) is 0.0829. The monoisotopic (exact) mass is 220 g/mol. The van der Waals surface area contributed by atoms with Crippen molar-refractivity contribution < 1.29 is 4.39 Å². The molecule has 1 unspecified atom stereocenters. The maximum Gasteiger partial charge on any atom is 0.125 e. The van der Waals surface area contributed by atoms with Crippen molar-refractivity contribution in [3.05, 3.63) is 30.1 Å². The van der Waals surface area contributed by atoms with Gasteiger partial charge in [-0.15, -0.1) is 0 Å². The van der Waals surface area contributed by atoms with Crippen LogP contribution in [0.25, 0.3) is 0 Å². The highest BCUT2D eigenvalue weighted by Crippen LogP contribution is 2.23. The molecule has 0 spiro atoms. The molecule has 0 bridgehead atoms. The first-order valence-corrected chi connectivity index (χ1v) is 5.61. The molecule has 1 aromatic rings. The molecule has 16 heavy (non-hydrogen) atoms. The van der Waals surface area contributed by atoms with Crippen LogP contribution in [0.4, 0.5) is 10.1 Å². The Morgan fingerprint density at radius 3 is 2.69 bits per heavy atom. The number of halogens is 1. The molecule has 1 N–H and O–H groups in total. The van der Waals surface area contributed by atoms with E-state index in [1.165, 1.54) is 12.1 Å². The lowest BCUT2D eigenvalue weighted by Crippen LogP contribution is -2.35. The highest BCUT2D eigenvalue weighted by molar-refractivity contribution is 5.47. The predicted octanol–water partition coefficient (Wildman–Crippen LogP) is 3.71. The number of rotatable bonds is 5. The zero-order valence-corrected chi connectivity index (χ0v) is 9.76. The van der Waals surface area contributed by atoms with Crippen LogP contribution in [0.3, 0.4) is 0 Å². The SMILES string of the molecule is CCCC(C#N)(CC)Nc1cccc(F)c1. The van der Waals surface area contributed by atoms with Gasteiger partial charge in [0.1, 0.15) is 11.4 Å². The second-order valence-electron chi connectivity index (χ2n) is 3.93. The van der Waals surface area contributed by atoms with E-state index in [2.05, 4.69) is 11.4 Å². The maximum atomic E-state index is 13.0. The van der Waals surface area contributed by atoms with Crippen molar-refractivity contribution in [1.82, 2.24) is 0 Å². The molecule has 0 aromatic heterocycles. The van der Waals surface area contributed by atoms with Gasteiger partial charge in [-0.2, -0.15) is 5.26 Å². The first-order valence-electron chi connectivity index (χ1n) is 5.61. The molecule has 0 aliphatic carbocycles. The largest absolute Gasteiger partial charge is 0.367 e. The summed E-state index contributed by atoms with van der Waals surface area (Å²) in [5.74, 6) is -0.288. The minimum absolute atomic E-state index is 0.288. The molecule has 2 nitrogen and oxygen atoms in total. The Morgan fingerprint density at radius 2 is 2.19 bits per heavy atom.